The van der Waals surface area contributed by atoms with Crippen molar-refractivity contribution >= 4 is 23.4 Å². The standard InChI is InChI=1S/C23H31N3O3/c1-15(2)11-12-23(5)20(28)26(21(29)24-23)14-16(27)13-19-22(3,4)17-9-7-8-10-18(17)25(19)6/h7-10,13,15H,11-12,14H2,1-6H3,(H,24,29)/b19-13+. The van der Waals surface area contributed by atoms with E-state index in [0.29, 0.717) is 12.3 Å². The maximum Gasteiger partial charge on any atom is 0.325 e. The molecule has 156 valence electrons. The summed E-state index contributed by atoms with van der Waals surface area (Å²) in [5, 5.41) is 2.78. The van der Waals surface area contributed by atoms with Gasteiger partial charge in [-0.05, 0) is 37.3 Å². The number of urea groups is 1. The average molecular weight is 398 g/mol. The maximum atomic E-state index is 12.9. The Hall–Kier alpha value is -2.63. The van der Waals surface area contributed by atoms with Gasteiger partial charge >= 0.3 is 6.03 Å². The second-order valence-electron chi connectivity index (χ2n) is 9.28. The van der Waals surface area contributed by atoms with E-state index in [-0.39, 0.29) is 23.7 Å². The molecule has 6 heteroatoms. The van der Waals surface area contributed by atoms with E-state index in [0.717, 1.165) is 28.3 Å². The molecule has 1 aromatic rings. The number of para-hydroxylation sites is 1. The van der Waals surface area contributed by atoms with E-state index in [1.54, 1.807) is 13.0 Å². The Bertz CT molecular complexity index is 887. The number of fused-ring (bicyclic) bond motifs is 1. The van der Waals surface area contributed by atoms with Gasteiger partial charge in [-0.15, -0.1) is 0 Å². The van der Waals surface area contributed by atoms with Gasteiger partial charge in [-0.25, -0.2) is 4.79 Å². The number of hydrogen-bond donors (Lipinski definition) is 1. The molecular formula is C23H31N3O3. The summed E-state index contributed by atoms with van der Waals surface area (Å²) < 4.78 is 0. The summed E-state index contributed by atoms with van der Waals surface area (Å²) in [6, 6.07) is 7.57. The van der Waals surface area contributed by atoms with Crippen LogP contribution >= 0.6 is 0 Å². The monoisotopic (exact) mass is 397 g/mol. The van der Waals surface area contributed by atoms with Crippen LogP contribution in [0.4, 0.5) is 10.5 Å². The van der Waals surface area contributed by atoms with Crippen LogP contribution in [-0.2, 0) is 15.0 Å². The van der Waals surface area contributed by atoms with Crippen molar-refractivity contribution in [1.82, 2.24) is 10.2 Å². The summed E-state index contributed by atoms with van der Waals surface area (Å²) in [7, 11) is 1.93. The molecule has 2 aliphatic heterocycles. The lowest BCUT2D eigenvalue weighted by atomic mass is 9.83. The smallest absolute Gasteiger partial charge is 0.325 e. The Balaban J connectivity index is 1.77. The van der Waals surface area contributed by atoms with Crippen molar-refractivity contribution in [3.8, 4) is 0 Å². The molecule has 0 saturated carbocycles. The van der Waals surface area contributed by atoms with E-state index in [2.05, 4.69) is 39.1 Å². The third kappa shape index (κ3) is 3.68. The van der Waals surface area contributed by atoms with Crippen LogP contribution in [0.3, 0.4) is 0 Å². The van der Waals surface area contributed by atoms with Crippen LogP contribution < -0.4 is 10.2 Å². The Morgan fingerprint density at radius 1 is 1.17 bits per heavy atom. The van der Waals surface area contributed by atoms with Crippen LogP contribution in [0.25, 0.3) is 0 Å². The summed E-state index contributed by atoms with van der Waals surface area (Å²) in [6.45, 7) is 9.80. The number of carbonyl (C=O) groups is 3. The molecule has 6 nitrogen and oxygen atoms in total. The van der Waals surface area contributed by atoms with Crippen molar-refractivity contribution in [1.29, 1.82) is 0 Å². The third-order valence-electron chi connectivity index (χ3n) is 6.12. The highest BCUT2D eigenvalue weighted by Gasteiger charge is 2.48. The number of allylic oxidation sites excluding steroid dienone is 1. The van der Waals surface area contributed by atoms with E-state index in [4.69, 9.17) is 0 Å². The van der Waals surface area contributed by atoms with Crippen LogP contribution in [0.1, 0.15) is 53.0 Å². The Morgan fingerprint density at radius 2 is 1.83 bits per heavy atom. The van der Waals surface area contributed by atoms with Gasteiger partial charge in [0.1, 0.15) is 5.54 Å². The van der Waals surface area contributed by atoms with E-state index in [1.165, 1.54) is 0 Å². The fraction of sp³-hybridized carbons (Fsp3) is 0.522. The van der Waals surface area contributed by atoms with Gasteiger partial charge in [0.05, 0.1) is 6.54 Å². The molecule has 1 fully saturated rings. The number of nitrogens with zero attached hydrogens (tertiary/aromatic N) is 2. The van der Waals surface area contributed by atoms with E-state index < -0.39 is 11.6 Å². The van der Waals surface area contributed by atoms with Gasteiger partial charge in [0.2, 0.25) is 0 Å². The predicted molar refractivity (Wildman–Crippen MR) is 114 cm³/mol. The van der Waals surface area contributed by atoms with Crippen molar-refractivity contribution in [2.24, 2.45) is 5.92 Å². The summed E-state index contributed by atoms with van der Waals surface area (Å²) in [6.07, 6.45) is 2.96. The molecule has 2 aliphatic rings. The molecule has 0 aliphatic carbocycles. The first-order valence-corrected chi connectivity index (χ1v) is 10.2. The van der Waals surface area contributed by atoms with Crippen molar-refractivity contribution in [2.45, 2.75) is 58.4 Å². The predicted octanol–water partition coefficient (Wildman–Crippen LogP) is 3.61. The molecule has 1 N–H and O–H groups in total. The molecule has 3 rings (SSSR count). The Morgan fingerprint density at radius 3 is 2.45 bits per heavy atom. The average Bonchev–Trinajstić information content (AvgIpc) is 2.98. The fourth-order valence-electron chi connectivity index (χ4n) is 4.25. The molecule has 3 amide bonds. The second-order valence-corrected chi connectivity index (χ2v) is 9.28. The van der Waals surface area contributed by atoms with Crippen LogP contribution in [0.5, 0.6) is 0 Å². The number of carbonyl (C=O) groups excluding carboxylic acids is 3. The zero-order valence-corrected chi connectivity index (χ0v) is 18.2. The minimum atomic E-state index is -0.936. The van der Waals surface area contributed by atoms with Gasteiger partial charge < -0.3 is 10.2 Å². The van der Waals surface area contributed by atoms with Crippen molar-refractivity contribution in [3.63, 3.8) is 0 Å². The van der Waals surface area contributed by atoms with E-state index in [1.807, 2.05) is 30.1 Å². The van der Waals surface area contributed by atoms with Crippen molar-refractivity contribution in [3.05, 3.63) is 41.6 Å². The molecule has 1 atom stereocenters. The zero-order valence-electron chi connectivity index (χ0n) is 18.2. The number of rotatable bonds is 6. The molecule has 29 heavy (non-hydrogen) atoms. The van der Waals surface area contributed by atoms with Gasteiger partial charge in [-0.1, -0.05) is 45.9 Å². The maximum absolute atomic E-state index is 12.9. The number of imide groups is 1. The Kier molecular flexibility index (Phi) is 5.32. The molecule has 0 bridgehead atoms. The number of ketones is 1. The topological polar surface area (TPSA) is 69.7 Å². The van der Waals surface area contributed by atoms with E-state index in [9.17, 15) is 14.4 Å². The van der Waals surface area contributed by atoms with Crippen molar-refractivity contribution in [2.75, 3.05) is 18.5 Å². The lowest BCUT2D eigenvalue weighted by Crippen LogP contribution is -2.44. The SMILES string of the molecule is CC(C)CCC1(C)NC(=O)N(CC(=O)/C=C2/N(C)c3ccccc3C2(C)C)C1=O. The number of hydrogen-bond acceptors (Lipinski definition) is 4. The normalized spacial score (nSPS) is 24.4. The summed E-state index contributed by atoms with van der Waals surface area (Å²) in [5.41, 5.74) is 1.81. The zero-order chi connectivity index (χ0) is 21.6. The molecule has 1 saturated heterocycles. The first-order chi connectivity index (χ1) is 13.5. The largest absolute Gasteiger partial charge is 0.347 e. The minimum Gasteiger partial charge on any atom is -0.347 e. The first-order valence-electron chi connectivity index (χ1n) is 10.2. The minimum absolute atomic E-state index is 0.244. The molecular weight excluding hydrogens is 366 g/mol. The third-order valence-corrected chi connectivity index (χ3v) is 6.12. The molecule has 2 heterocycles. The molecule has 0 spiro atoms. The van der Waals surface area contributed by atoms with Crippen LogP contribution in [0.2, 0.25) is 0 Å². The molecule has 1 aromatic carbocycles. The number of likely N-dealkylation sites (N-methyl/N-ethyl adjacent to an activating group) is 1. The second kappa shape index (κ2) is 7.32. The number of benzene rings is 1. The van der Waals surface area contributed by atoms with Crippen molar-refractivity contribution < 1.29 is 14.4 Å². The van der Waals surface area contributed by atoms with Crippen LogP contribution in [0.15, 0.2) is 36.0 Å². The van der Waals surface area contributed by atoms with Gasteiger partial charge in [0.25, 0.3) is 5.91 Å². The highest BCUT2D eigenvalue weighted by Crippen LogP contribution is 2.46. The van der Waals surface area contributed by atoms with Crippen LogP contribution in [0, 0.1) is 5.92 Å². The quantitative estimate of drug-likeness (QED) is 0.588. The fourth-order valence-corrected chi connectivity index (χ4v) is 4.25. The van der Waals surface area contributed by atoms with Gasteiger partial charge in [-0.2, -0.15) is 0 Å². The summed E-state index contributed by atoms with van der Waals surface area (Å²) in [5.74, 6) is -0.153. The number of anilines is 1. The molecule has 0 aromatic heterocycles. The lowest BCUT2D eigenvalue weighted by molar-refractivity contribution is -0.133. The van der Waals surface area contributed by atoms with Gasteiger partial charge in [-0.3, -0.25) is 14.5 Å². The Labute approximate surface area is 172 Å². The lowest BCUT2D eigenvalue weighted by Gasteiger charge is -2.24. The highest BCUT2D eigenvalue weighted by molar-refractivity contribution is 6.10. The molecule has 0 radical (unpaired) electrons. The summed E-state index contributed by atoms with van der Waals surface area (Å²) >= 11 is 0. The highest BCUT2D eigenvalue weighted by atomic mass is 16.2. The summed E-state index contributed by atoms with van der Waals surface area (Å²) in [4.78, 5) is 41.1. The number of nitrogens with one attached hydrogen (secondary N) is 1. The van der Waals surface area contributed by atoms with E-state index >= 15 is 0 Å². The van der Waals surface area contributed by atoms with Gasteiger partial charge in [0.15, 0.2) is 5.78 Å². The first kappa shape index (κ1) is 21.1. The van der Waals surface area contributed by atoms with Gasteiger partial charge in [0, 0.05) is 29.9 Å². The number of amides is 3. The van der Waals surface area contributed by atoms with Crippen LogP contribution in [-0.4, -0.2) is 41.8 Å². The molecule has 1 unspecified atom stereocenters.